The predicted octanol–water partition coefficient (Wildman–Crippen LogP) is 5.75. The minimum Gasteiger partial charge on any atom is -0.507 e. The molecule has 1 atom stereocenters. The van der Waals surface area contributed by atoms with Gasteiger partial charge < -0.3 is 10.0 Å². The lowest BCUT2D eigenvalue weighted by Gasteiger charge is -2.25. The van der Waals surface area contributed by atoms with Crippen molar-refractivity contribution < 1.29 is 19.1 Å². The third-order valence-corrected chi connectivity index (χ3v) is 5.85. The Morgan fingerprint density at radius 1 is 0.935 bits per heavy atom. The van der Waals surface area contributed by atoms with Crippen LogP contribution in [-0.4, -0.2) is 21.7 Å². The molecule has 4 nitrogen and oxygen atoms in total. The number of likely N-dealkylation sites (tertiary alicyclic amines) is 1. The minimum absolute atomic E-state index is 0.0917. The summed E-state index contributed by atoms with van der Waals surface area (Å²) in [4.78, 5) is 27.3. The number of ketones is 1. The summed E-state index contributed by atoms with van der Waals surface area (Å²) >= 11 is 12.2. The number of benzene rings is 3. The third kappa shape index (κ3) is 4.07. The van der Waals surface area contributed by atoms with Crippen molar-refractivity contribution in [1.29, 1.82) is 0 Å². The Kier molecular flexibility index (Phi) is 5.81. The Labute approximate surface area is 188 Å². The van der Waals surface area contributed by atoms with Crippen molar-refractivity contribution in [3.05, 3.63) is 111 Å². The second-order valence-corrected chi connectivity index (χ2v) is 7.91. The molecule has 4 rings (SSSR count). The van der Waals surface area contributed by atoms with E-state index in [0.717, 1.165) is 5.56 Å². The molecule has 0 bridgehead atoms. The van der Waals surface area contributed by atoms with Crippen LogP contribution in [0.1, 0.15) is 22.7 Å². The van der Waals surface area contributed by atoms with Crippen LogP contribution in [0.25, 0.3) is 5.76 Å². The second-order valence-electron chi connectivity index (χ2n) is 7.09. The fraction of sp³-hybridized carbons (Fsp3) is 0.0833. The van der Waals surface area contributed by atoms with Gasteiger partial charge in [0.25, 0.3) is 11.7 Å². The van der Waals surface area contributed by atoms with Gasteiger partial charge in [-0.15, -0.1) is 0 Å². The van der Waals surface area contributed by atoms with Crippen LogP contribution < -0.4 is 0 Å². The van der Waals surface area contributed by atoms with E-state index in [1.165, 1.54) is 29.2 Å². The highest BCUT2D eigenvalue weighted by Gasteiger charge is 2.46. The van der Waals surface area contributed by atoms with Gasteiger partial charge in [0, 0.05) is 12.1 Å². The average molecular weight is 456 g/mol. The Balaban J connectivity index is 1.88. The molecule has 3 aromatic rings. The third-order valence-electron chi connectivity index (χ3n) is 5.11. The van der Waals surface area contributed by atoms with Crippen molar-refractivity contribution in [2.75, 3.05) is 0 Å². The van der Waals surface area contributed by atoms with Gasteiger partial charge in [-0.1, -0.05) is 59.6 Å². The summed E-state index contributed by atoms with van der Waals surface area (Å²) in [6.07, 6.45) is 0. The lowest BCUT2D eigenvalue weighted by Crippen LogP contribution is -2.29. The first kappa shape index (κ1) is 21.1. The first-order valence-corrected chi connectivity index (χ1v) is 10.2. The monoisotopic (exact) mass is 455 g/mol. The number of halogens is 3. The average Bonchev–Trinajstić information content (AvgIpc) is 3.01. The lowest BCUT2D eigenvalue weighted by molar-refractivity contribution is -0.140. The van der Waals surface area contributed by atoms with Crippen LogP contribution in [0.3, 0.4) is 0 Å². The molecule has 1 saturated heterocycles. The number of carbonyl (C=O) groups excluding carboxylic acids is 2. The van der Waals surface area contributed by atoms with E-state index in [2.05, 4.69) is 0 Å². The van der Waals surface area contributed by atoms with Crippen LogP contribution in [-0.2, 0) is 16.1 Å². The fourth-order valence-corrected chi connectivity index (χ4v) is 3.92. The molecule has 1 amide bonds. The molecule has 1 heterocycles. The molecule has 0 radical (unpaired) electrons. The van der Waals surface area contributed by atoms with E-state index in [9.17, 15) is 19.1 Å². The van der Waals surface area contributed by atoms with Gasteiger partial charge in [-0.3, -0.25) is 9.59 Å². The Hall–Kier alpha value is -3.15. The lowest BCUT2D eigenvalue weighted by atomic mass is 9.95. The number of amides is 1. The molecule has 1 fully saturated rings. The smallest absolute Gasteiger partial charge is 0.295 e. The number of rotatable bonds is 4. The van der Waals surface area contributed by atoms with Crippen molar-refractivity contribution in [2.24, 2.45) is 0 Å². The maximum Gasteiger partial charge on any atom is 0.295 e. The molecule has 31 heavy (non-hydrogen) atoms. The Bertz CT molecular complexity index is 1190. The normalized spacial score (nSPS) is 17.9. The molecule has 1 unspecified atom stereocenters. The molecule has 0 aromatic heterocycles. The van der Waals surface area contributed by atoms with E-state index in [4.69, 9.17) is 23.2 Å². The van der Waals surface area contributed by atoms with Gasteiger partial charge in [-0.25, -0.2) is 4.39 Å². The topological polar surface area (TPSA) is 57.6 Å². The van der Waals surface area contributed by atoms with Crippen LogP contribution in [0.4, 0.5) is 4.39 Å². The number of aliphatic hydroxyl groups is 1. The van der Waals surface area contributed by atoms with Gasteiger partial charge >= 0.3 is 0 Å². The molecular weight excluding hydrogens is 440 g/mol. The molecule has 156 valence electrons. The van der Waals surface area contributed by atoms with Crippen molar-refractivity contribution in [3.63, 3.8) is 0 Å². The number of nitrogens with zero attached hydrogens (tertiary/aromatic N) is 1. The molecule has 1 aliphatic rings. The summed E-state index contributed by atoms with van der Waals surface area (Å²) in [6, 6.07) is 18.1. The number of carbonyl (C=O) groups is 2. The van der Waals surface area contributed by atoms with Crippen LogP contribution in [0, 0.1) is 5.82 Å². The fourth-order valence-electron chi connectivity index (χ4n) is 3.62. The first-order chi connectivity index (χ1) is 14.9. The standard InChI is InChI=1S/C24H16Cl2FNO3/c25-18-11-8-16(12-19(18)26)21-20(22(29)15-6-9-17(27)10-7-15)23(30)24(31)28(21)13-14-4-2-1-3-5-14/h1-12,21,29H,13H2. The summed E-state index contributed by atoms with van der Waals surface area (Å²) in [5.41, 5.74) is 1.47. The zero-order chi connectivity index (χ0) is 22.1. The molecule has 7 heteroatoms. The Morgan fingerprint density at radius 2 is 1.61 bits per heavy atom. The van der Waals surface area contributed by atoms with Crippen molar-refractivity contribution in [2.45, 2.75) is 12.6 Å². The zero-order valence-corrected chi connectivity index (χ0v) is 17.6. The highest BCUT2D eigenvalue weighted by Crippen LogP contribution is 2.41. The minimum atomic E-state index is -0.889. The van der Waals surface area contributed by atoms with Gasteiger partial charge in [-0.2, -0.15) is 0 Å². The van der Waals surface area contributed by atoms with E-state index in [1.54, 1.807) is 18.2 Å². The summed E-state index contributed by atoms with van der Waals surface area (Å²) < 4.78 is 13.3. The van der Waals surface area contributed by atoms with Gasteiger partial charge in [-0.05, 0) is 47.5 Å². The molecule has 1 N–H and O–H groups in total. The molecular formula is C24H16Cl2FNO3. The summed E-state index contributed by atoms with van der Waals surface area (Å²) in [7, 11) is 0. The molecule has 0 aliphatic carbocycles. The molecule has 1 aliphatic heterocycles. The highest BCUT2D eigenvalue weighted by molar-refractivity contribution is 6.46. The van der Waals surface area contributed by atoms with Crippen LogP contribution in [0.5, 0.6) is 0 Å². The zero-order valence-electron chi connectivity index (χ0n) is 16.1. The van der Waals surface area contributed by atoms with Gasteiger partial charge in [0.1, 0.15) is 11.6 Å². The van der Waals surface area contributed by atoms with Gasteiger partial charge in [0.05, 0.1) is 21.7 Å². The first-order valence-electron chi connectivity index (χ1n) is 9.40. The second kappa shape index (κ2) is 8.53. The van der Waals surface area contributed by atoms with Crippen LogP contribution in [0.2, 0.25) is 10.0 Å². The molecule has 0 saturated carbocycles. The predicted molar refractivity (Wildman–Crippen MR) is 117 cm³/mol. The number of hydrogen-bond acceptors (Lipinski definition) is 3. The molecule has 3 aromatic carbocycles. The summed E-state index contributed by atoms with van der Waals surface area (Å²) in [5, 5.41) is 11.5. The maximum atomic E-state index is 13.3. The van der Waals surface area contributed by atoms with E-state index in [0.29, 0.717) is 10.6 Å². The van der Waals surface area contributed by atoms with Crippen LogP contribution >= 0.6 is 23.2 Å². The van der Waals surface area contributed by atoms with E-state index in [-0.39, 0.29) is 28.5 Å². The van der Waals surface area contributed by atoms with Crippen molar-refractivity contribution >= 4 is 40.7 Å². The van der Waals surface area contributed by atoms with E-state index >= 15 is 0 Å². The van der Waals surface area contributed by atoms with Crippen molar-refractivity contribution in [1.82, 2.24) is 4.90 Å². The van der Waals surface area contributed by atoms with Gasteiger partial charge in [0.2, 0.25) is 0 Å². The number of Topliss-reactive ketones (excluding diaryl/α,β-unsaturated/α-hetero) is 1. The quantitative estimate of drug-likeness (QED) is 0.309. The number of aliphatic hydroxyl groups excluding tert-OH is 1. The van der Waals surface area contributed by atoms with E-state index in [1.807, 2.05) is 30.3 Å². The molecule has 0 spiro atoms. The Morgan fingerprint density at radius 3 is 2.26 bits per heavy atom. The van der Waals surface area contributed by atoms with Crippen molar-refractivity contribution in [3.8, 4) is 0 Å². The highest BCUT2D eigenvalue weighted by atomic mass is 35.5. The number of hydrogen-bond donors (Lipinski definition) is 1. The maximum absolute atomic E-state index is 13.3. The SMILES string of the molecule is O=C1C(=O)N(Cc2ccccc2)C(c2ccc(Cl)c(Cl)c2)C1=C(O)c1ccc(F)cc1. The largest absolute Gasteiger partial charge is 0.507 e. The van der Waals surface area contributed by atoms with Crippen LogP contribution in [0.15, 0.2) is 78.4 Å². The van der Waals surface area contributed by atoms with Gasteiger partial charge in [0.15, 0.2) is 0 Å². The summed E-state index contributed by atoms with van der Waals surface area (Å²) in [6.45, 7) is 0.149. The van der Waals surface area contributed by atoms with E-state index < -0.39 is 23.5 Å². The summed E-state index contributed by atoms with van der Waals surface area (Å²) in [5.74, 6) is -2.44.